The van der Waals surface area contributed by atoms with Crippen LogP contribution in [0.15, 0.2) is 0 Å². The summed E-state index contributed by atoms with van der Waals surface area (Å²) in [5, 5.41) is 1.32. The van der Waals surface area contributed by atoms with Crippen molar-refractivity contribution in [1.82, 2.24) is 10.4 Å². The van der Waals surface area contributed by atoms with Gasteiger partial charge in [-0.05, 0) is 27.7 Å². The van der Waals surface area contributed by atoms with Crippen LogP contribution >= 0.6 is 0 Å². The van der Waals surface area contributed by atoms with Crippen molar-refractivity contribution in [3.63, 3.8) is 0 Å². The quantitative estimate of drug-likeness (QED) is 0.640. The van der Waals surface area contributed by atoms with Gasteiger partial charge in [-0.3, -0.25) is 14.6 Å². The van der Waals surface area contributed by atoms with Crippen LogP contribution in [0.25, 0.3) is 0 Å². The largest absolute Gasteiger partial charge is 0.354 e. The van der Waals surface area contributed by atoms with Crippen molar-refractivity contribution >= 4 is 11.7 Å². The monoisotopic (exact) mass is 200 g/mol. The second-order valence-corrected chi connectivity index (χ2v) is 4.14. The third-order valence-electron chi connectivity index (χ3n) is 1.90. The Labute approximate surface area is 83.4 Å². The van der Waals surface area contributed by atoms with E-state index in [0.29, 0.717) is 6.61 Å². The number of Topliss-reactive ketones (excluding diaryl/α,β-unsaturated/α-hetero) is 1. The molecule has 0 aromatic heterocycles. The maximum Gasteiger partial charge on any atom is 0.309 e. The van der Waals surface area contributed by atoms with Crippen molar-refractivity contribution in [2.24, 2.45) is 0 Å². The molecule has 0 radical (unpaired) electrons. The van der Waals surface area contributed by atoms with Crippen LogP contribution in [0.1, 0.15) is 27.7 Å². The molecule has 5 heteroatoms. The van der Waals surface area contributed by atoms with Gasteiger partial charge in [0.25, 0.3) is 5.78 Å². The zero-order valence-electron chi connectivity index (χ0n) is 8.96. The second kappa shape index (κ2) is 3.67. The van der Waals surface area contributed by atoms with Gasteiger partial charge in [-0.1, -0.05) is 0 Å². The molecule has 0 spiro atoms. The van der Waals surface area contributed by atoms with E-state index in [-0.39, 0.29) is 0 Å². The van der Waals surface area contributed by atoms with Gasteiger partial charge in [-0.25, -0.2) is 0 Å². The molecule has 1 aliphatic heterocycles. The van der Waals surface area contributed by atoms with Gasteiger partial charge in [-0.2, -0.15) is 5.43 Å². The van der Waals surface area contributed by atoms with Crippen LogP contribution in [0.5, 0.6) is 0 Å². The molecule has 80 valence electrons. The Kier molecular flexibility index (Phi) is 2.92. The summed E-state index contributed by atoms with van der Waals surface area (Å²) in [5.74, 6) is -1.06. The van der Waals surface area contributed by atoms with Crippen LogP contribution in [0, 0.1) is 0 Å². The molecule has 0 saturated carbocycles. The van der Waals surface area contributed by atoms with Gasteiger partial charge in [0, 0.05) is 6.61 Å². The predicted molar refractivity (Wildman–Crippen MR) is 50.2 cm³/mol. The van der Waals surface area contributed by atoms with Crippen molar-refractivity contribution in [2.45, 2.75) is 39.5 Å². The Morgan fingerprint density at radius 3 is 2.36 bits per heavy atom. The molecular formula is C9H16N2O3. The number of nitrogens with one attached hydrogen (secondary N) is 1. The zero-order chi connectivity index (χ0) is 10.9. The molecule has 0 aromatic rings. The van der Waals surface area contributed by atoms with Crippen molar-refractivity contribution in [1.29, 1.82) is 0 Å². The minimum atomic E-state index is -0.813. The number of carbonyl (C=O) groups is 2. The number of rotatable bonds is 2. The number of ether oxygens (including phenoxy) is 1. The van der Waals surface area contributed by atoms with Crippen LogP contribution in [0.4, 0.5) is 0 Å². The molecule has 0 aromatic carbocycles. The molecule has 1 rings (SSSR count). The molecule has 1 saturated heterocycles. The first kappa shape index (κ1) is 11.1. The van der Waals surface area contributed by atoms with Gasteiger partial charge in [-0.15, -0.1) is 0 Å². The first-order chi connectivity index (χ1) is 6.38. The lowest BCUT2D eigenvalue weighted by Gasteiger charge is -2.30. The first-order valence-electron chi connectivity index (χ1n) is 4.64. The number of hydrogen-bond donors (Lipinski definition) is 1. The van der Waals surface area contributed by atoms with Crippen LogP contribution in [-0.2, 0) is 14.3 Å². The van der Waals surface area contributed by atoms with Gasteiger partial charge in [0.15, 0.2) is 6.23 Å². The maximum absolute atomic E-state index is 11.5. The summed E-state index contributed by atoms with van der Waals surface area (Å²) in [6.07, 6.45) is -0.813. The topological polar surface area (TPSA) is 58.6 Å². The zero-order valence-corrected chi connectivity index (χ0v) is 8.96. The highest BCUT2D eigenvalue weighted by molar-refractivity contribution is 6.39. The average molecular weight is 200 g/mol. The van der Waals surface area contributed by atoms with Gasteiger partial charge < -0.3 is 4.74 Å². The van der Waals surface area contributed by atoms with Crippen LogP contribution in [-0.4, -0.2) is 35.1 Å². The Hall–Kier alpha value is -0.940. The lowest BCUT2D eigenvalue weighted by atomic mass is 10.1. The number of hydrazine groups is 1. The van der Waals surface area contributed by atoms with E-state index in [9.17, 15) is 9.59 Å². The number of amides is 1. The lowest BCUT2D eigenvalue weighted by Crippen LogP contribution is -2.50. The van der Waals surface area contributed by atoms with Crippen LogP contribution in [0.3, 0.4) is 0 Å². The van der Waals surface area contributed by atoms with E-state index in [2.05, 4.69) is 5.43 Å². The molecule has 1 fully saturated rings. The lowest BCUT2D eigenvalue weighted by molar-refractivity contribution is -0.144. The molecule has 0 bridgehead atoms. The highest BCUT2D eigenvalue weighted by atomic mass is 16.5. The number of carbonyl (C=O) groups excluding carboxylic acids is 2. The molecule has 1 unspecified atom stereocenters. The van der Waals surface area contributed by atoms with Crippen LogP contribution in [0.2, 0.25) is 0 Å². The molecule has 1 amide bonds. The van der Waals surface area contributed by atoms with Crippen molar-refractivity contribution < 1.29 is 14.3 Å². The summed E-state index contributed by atoms with van der Waals surface area (Å²) in [5.41, 5.74) is 2.33. The van der Waals surface area contributed by atoms with Crippen molar-refractivity contribution in [2.75, 3.05) is 6.61 Å². The standard InChI is InChI=1S/C9H16N2O3/c1-5-14-7-6(12)8(13)11(10-7)9(2,3)4/h7,10H,5H2,1-4H3. The molecular weight excluding hydrogens is 184 g/mol. The third-order valence-corrected chi connectivity index (χ3v) is 1.90. The van der Waals surface area contributed by atoms with Gasteiger partial charge in [0.1, 0.15) is 0 Å². The summed E-state index contributed by atoms with van der Waals surface area (Å²) >= 11 is 0. The minimum absolute atomic E-state index is 0.397. The fraction of sp³-hybridized carbons (Fsp3) is 0.778. The van der Waals surface area contributed by atoms with E-state index < -0.39 is 23.5 Å². The number of ketones is 1. The SMILES string of the molecule is CCOC1NN(C(C)(C)C)C(=O)C1=O. The first-order valence-corrected chi connectivity index (χ1v) is 4.64. The fourth-order valence-corrected chi connectivity index (χ4v) is 1.23. The molecule has 1 N–H and O–H groups in total. The summed E-state index contributed by atoms with van der Waals surface area (Å²) in [6.45, 7) is 7.71. The van der Waals surface area contributed by atoms with E-state index >= 15 is 0 Å². The predicted octanol–water partition coefficient (Wildman–Crippen LogP) is 0.0634. The third kappa shape index (κ3) is 1.93. The Bertz CT molecular complexity index is 257. The maximum atomic E-state index is 11.5. The van der Waals surface area contributed by atoms with Gasteiger partial charge in [0.05, 0.1) is 5.54 Å². The molecule has 1 atom stereocenters. The van der Waals surface area contributed by atoms with E-state index in [1.165, 1.54) is 5.01 Å². The fourth-order valence-electron chi connectivity index (χ4n) is 1.23. The molecule has 0 aliphatic carbocycles. The highest BCUT2D eigenvalue weighted by Gasteiger charge is 2.43. The van der Waals surface area contributed by atoms with Crippen LogP contribution < -0.4 is 5.43 Å². The van der Waals surface area contributed by atoms with Gasteiger partial charge in [0.2, 0.25) is 0 Å². The Morgan fingerprint density at radius 1 is 1.43 bits per heavy atom. The average Bonchev–Trinajstić information content (AvgIpc) is 2.32. The number of hydrogen-bond acceptors (Lipinski definition) is 4. The van der Waals surface area contributed by atoms with E-state index in [1.807, 2.05) is 20.8 Å². The Morgan fingerprint density at radius 2 is 2.00 bits per heavy atom. The molecule has 5 nitrogen and oxygen atoms in total. The van der Waals surface area contributed by atoms with Crippen molar-refractivity contribution in [3.05, 3.63) is 0 Å². The molecule has 1 aliphatic rings. The second-order valence-electron chi connectivity index (χ2n) is 4.14. The van der Waals surface area contributed by atoms with Gasteiger partial charge >= 0.3 is 5.91 Å². The molecule has 14 heavy (non-hydrogen) atoms. The van der Waals surface area contributed by atoms with E-state index in [0.717, 1.165) is 0 Å². The smallest absolute Gasteiger partial charge is 0.309 e. The summed E-state index contributed by atoms with van der Waals surface area (Å²) in [7, 11) is 0. The Balaban J connectivity index is 2.77. The van der Waals surface area contributed by atoms with Crippen molar-refractivity contribution in [3.8, 4) is 0 Å². The number of nitrogens with zero attached hydrogens (tertiary/aromatic N) is 1. The molecule has 1 heterocycles. The summed E-state index contributed by atoms with van der Waals surface area (Å²) < 4.78 is 5.09. The van der Waals surface area contributed by atoms with E-state index in [4.69, 9.17) is 4.74 Å². The summed E-state index contributed by atoms with van der Waals surface area (Å²) in [4.78, 5) is 22.8. The van der Waals surface area contributed by atoms with E-state index in [1.54, 1.807) is 6.92 Å². The highest BCUT2D eigenvalue weighted by Crippen LogP contribution is 2.17. The minimum Gasteiger partial charge on any atom is -0.354 e. The normalized spacial score (nSPS) is 23.4. The summed E-state index contributed by atoms with van der Waals surface area (Å²) in [6, 6.07) is 0.